The predicted molar refractivity (Wildman–Crippen MR) is 128 cm³/mol. The van der Waals surface area contributed by atoms with Gasteiger partial charge >= 0.3 is 0 Å². The summed E-state index contributed by atoms with van der Waals surface area (Å²) in [6.07, 6.45) is 2.03. The molecule has 31 heavy (non-hydrogen) atoms. The first-order valence-corrected chi connectivity index (χ1v) is 11.3. The number of benzene rings is 2. The van der Waals surface area contributed by atoms with E-state index < -0.39 is 0 Å². The Morgan fingerprint density at radius 2 is 1.58 bits per heavy atom. The first-order valence-electron chi connectivity index (χ1n) is 11.3. The van der Waals surface area contributed by atoms with Gasteiger partial charge in [-0.05, 0) is 76.1 Å². The van der Waals surface area contributed by atoms with Gasteiger partial charge in [0.15, 0.2) is 5.78 Å². The third-order valence-electron chi connectivity index (χ3n) is 6.15. The topological polar surface area (TPSA) is 43.9 Å². The Labute approximate surface area is 186 Å². The fraction of sp³-hybridized carbons (Fsp3) is 0.462. The number of Topliss-reactive ketones (excluding diaryl/α,β-unsaturated/α-hetero) is 1. The Bertz CT molecular complexity index is 899. The molecule has 1 heterocycles. The van der Waals surface area contributed by atoms with E-state index in [1.807, 2.05) is 30.0 Å². The molecule has 0 bridgehead atoms. The highest BCUT2D eigenvalue weighted by Crippen LogP contribution is 2.23. The van der Waals surface area contributed by atoms with E-state index in [0.29, 0.717) is 12.1 Å². The third-order valence-corrected chi connectivity index (χ3v) is 6.15. The van der Waals surface area contributed by atoms with Crippen molar-refractivity contribution in [1.29, 1.82) is 0 Å². The second-order valence-corrected chi connectivity index (χ2v) is 8.60. The maximum Gasteiger partial charge on any atom is 0.223 e. The molecule has 1 saturated heterocycles. The summed E-state index contributed by atoms with van der Waals surface area (Å²) in [6.45, 7) is 13.3. The van der Waals surface area contributed by atoms with Gasteiger partial charge in [-0.15, -0.1) is 0 Å². The standard InChI is InChI=1S/C26H35N3O2/c1-20-7-10-25(11-8-20)28-17-15-27(16-18-28)13-5-6-14-29(23(4)31)26-12-9-24(22(3)30)19-21(26)2/h7-12,19H,5-6,13-18H2,1-4H3. The van der Waals surface area contributed by atoms with Gasteiger partial charge in [0, 0.05) is 56.6 Å². The largest absolute Gasteiger partial charge is 0.369 e. The van der Waals surface area contributed by atoms with E-state index in [0.717, 1.165) is 56.8 Å². The highest BCUT2D eigenvalue weighted by molar-refractivity contribution is 5.96. The van der Waals surface area contributed by atoms with Crippen molar-refractivity contribution in [2.75, 3.05) is 49.1 Å². The second-order valence-electron chi connectivity index (χ2n) is 8.60. The van der Waals surface area contributed by atoms with Crippen LogP contribution in [0.3, 0.4) is 0 Å². The Hall–Kier alpha value is -2.66. The smallest absolute Gasteiger partial charge is 0.223 e. The maximum atomic E-state index is 12.2. The maximum absolute atomic E-state index is 12.2. The van der Waals surface area contributed by atoms with E-state index in [1.165, 1.54) is 11.3 Å². The van der Waals surface area contributed by atoms with Crippen LogP contribution in [0.15, 0.2) is 42.5 Å². The summed E-state index contributed by atoms with van der Waals surface area (Å²) >= 11 is 0. The Balaban J connectivity index is 1.45. The second kappa shape index (κ2) is 10.6. The molecule has 0 saturated carbocycles. The lowest BCUT2D eigenvalue weighted by atomic mass is 10.1. The number of unbranched alkanes of at least 4 members (excludes halogenated alkanes) is 1. The average Bonchev–Trinajstić information content (AvgIpc) is 2.75. The van der Waals surface area contributed by atoms with E-state index in [2.05, 4.69) is 41.0 Å². The van der Waals surface area contributed by atoms with Crippen LogP contribution in [0.4, 0.5) is 11.4 Å². The highest BCUT2D eigenvalue weighted by atomic mass is 16.2. The number of hydrogen-bond acceptors (Lipinski definition) is 4. The van der Waals surface area contributed by atoms with Crippen molar-refractivity contribution in [2.45, 2.75) is 40.5 Å². The zero-order valence-electron chi connectivity index (χ0n) is 19.4. The summed E-state index contributed by atoms with van der Waals surface area (Å²) in [7, 11) is 0. The third kappa shape index (κ3) is 6.17. The van der Waals surface area contributed by atoms with Crippen LogP contribution in [0.25, 0.3) is 0 Å². The van der Waals surface area contributed by atoms with Gasteiger partial charge in [-0.1, -0.05) is 17.7 Å². The number of hydrogen-bond donors (Lipinski definition) is 0. The Kier molecular flexibility index (Phi) is 7.85. The van der Waals surface area contributed by atoms with Crippen molar-refractivity contribution in [3.05, 3.63) is 59.2 Å². The molecule has 2 aromatic carbocycles. The van der Waals surface area contributed by atoms with Crippen molar-refractivity contribution in [1.82, 2.24) is 4.90 Å². The van der Waals surface area contributed by atoms with E-state index in [4.69, 9.17) is 0 Å². The van der Waals surface area contributed by atoms with Crippen LogP contribution in [-0.2, 0) is 4.79 Å². The number of carbonyl (C=O) groups excluding carboxylic acids is 2. The summed E-state index contributed by atoms with van der Waals surface area (Å²) in [5.41, 5.74) is 5.18. The number of carbonyl (C=O) groups is 2. The molecule has 3 rings (SSSR count). The molecule has 166 valence electrons. The van der Waals surface area contributed by atoms with Gasteiger partial charge in [-0.3, -0.25) is 14.5 Å². The molecule has 1 fully saturated rings. The van der Waals surface area contributed by atoms with Crippen molar-refractivity contribution in [2.24, 2.45) is 0 Å². The van der Waals surface area contributed by atoms with Crippen molar-refractivity contribution in [3.8, 4) is 0 Å². The summed E-state index contributed by atoms with van der Waals surface area (Å²) in [4.78, 5) is 30.7. The molecule has 0 aliphatic carbocycles. The van der Waals surface area contributed by atoms with Gasteiger partial charge in [0.05, 0.1) is 0 Å². The van der Waals surface area contributed by atoms with Crippen LogP contribution in [0, 0.1) is 13.8 Å². The predicted octanol–water partition coefficient (Wildman–Crippen LogP) is 4.46. The van der Waals surface area contributed by atoms with Gasteiger partial charge in [-0.2, -0.15) is 0 Å². The van der Waals surface area contributed by atoms with Crippen LogP contribution in [0.2, 0.25) is 0 Å². The quantitative estimate of drug-likeness (QED) is 0.466. The molecule has 0 aromatic heterocycles. The molecule has 1 amide bonds. The number of aryl methyl sites for hydroxylation is 2. The minimum Gasteiger partial charge on any atom is -0.369 e. The minimum atomic E-state index is 0.0467. The van der Waals surface area contributed by atoms with Crippen LogP contribution in [-0.4, -0.2) is 55.9 Å². The SMILES string of the molecule is CC(=O)c1ccc(N(CCCCN2CCN(c3ccc(C)cc3)CC2)C(C)=O)c(C)c1. The molecule has 1 aliphatic rings. The molecular weight excluding hydrogens is 386 g/mol. The number of anilines is 2. The molecule has 1 aliphatic heterocycles. The summed E-state index contributed by atoms with van der Waals surface area (Å²) in [6, 6.07) is 14.4. The molecule has 5 nitrogen and oxygen atoms in total. The highest BCUT2D eigenvalue weighted by Gasteiger charge is 2.18. The number of nitrogens with zero attached hydrogens (tertiary/aromatic N) is 3. The summed E-state index contributed by atoms with van der Waals surface area (Å²) in [5.74, 6) is 0.0943. The normalized spacial score (nSPS) is 14.5. The number of rotatable bonds is 8. The first kappa shape index (κ1) is 23.0. The molecule has 0 N–H and O–H groups in total. The lowest BCUT2D eigenvalue weighted by Crippen LogP contribution is -2.46. The Morgan fingerprint density at radius 1 is 0.903 bits per heavy atom. The molecule has 2 aromatic rings. The summed E-state index contributed by atoms with van der Waals surface area (Å²) in [5, 5.41) is 0. The fourth-order valence-electron chi connectivity index (χ4n) is 4.22. The van der Waals surface area contributed by atoms with E-state index in [-0.39, 0.29) is 11.7 Å². The number of amides is 1. The van der Waals surface area contributed by atoms with E-state index >= 15 is 0 Å². The van der Waals surface area contributed by atoms with Gasteiger partial charge in [-0.25, -0.2) is 0 Å². The first-order chi connectivity index (χ1) is 14.8. The molecular formula is C26H35N3O2. The molecule has 0 radical (unpaired) electrons. The van der Waals surface area contributed by atoms with Gasteiger partial charge in [0.2, 0.25) is 5.91 Å². The van der Waals surface area contributed by atoms with Crippen molar-refractivity contribution in [3.63, 3.8) is 0 Å². The van der Waals surface area contributed by atoms with Gasteiger partial charge in [0.1, 0.15) is 0 Å². The molecule has 0 unspecified atom stereocenters. The van der Waals surface area contributed by atoms with Crippen molar-refractivity contribution >= 4 is 23.1 Å². The van der Waals surface area contributed by atoms with Gasteiger partial charge < -0.3 is 9.80 Å². The molecule has 5 heteroatoms. The van der Waals surface area contributed by atoms with E-state index in [1.54, 1.807) is 13.8 Å². The van der Waals surface area contributed by atoms with Crippen LogP contribution >= 0.6 is 0 Å². The van der Waals surface area contributed by atoms with Crippen molar-refractivity contribution < 1.29 is 9.59 Å². The Morgan fingerprint density at radius 3 is 2.16 bits per heavy atom. The number of piperazine rings is 1. The molecule has 0 atom stereocenters. The zero-order chi connectivity index (χ0) is 22.4. The van der Waals surface area contributed by atoms with Gasteiger partial charge in [0.25, 0.3) is 0 Å². The van der Waals surface area contributed by atoms with Crippen LogP contribution in [0.5, 0.6) is 0 Å². The van der Waals surface area contributed by atoms with Crippen LogP contribution in [0.1, 0.15) is 48.2 Å². The zero-order valence-corrected chi connectivity index (χ0v) is 19.4. The lowest BCUT2D eigenvalue weighted by molar-refractivity contribution is -0.116. The minimum absolute atomic E-state index is 0.0467. The lowest BCUT2D eigenvalue weighted by Gasteiger charge is -2.36. The number of ketones is 1. The average molecular weight is 422 g/mol. The summed E-state index contributed by atoms with van der Waals surface area (Å²) < 4.78 is 0. The monoisotopic (exact) mass is 421 g/mol. The fourth-order valence-corrected chi connectivity index (χ4v) is 4.22. The molecule has 0 spiro atoms. The van der Waals surface area contributed by atoms with E-state index in [9.17, 15) is 9.59 Å². The van der Waals surface area contributed by atoms with Crippen LogP contribution < -0.4 is 9.80 Å².